The summed E-state index contributed by atoms with van der Waals surface area (Å²) >= 11 is 0. The number of fused-ring (bicyclic) bond motifs is 1. The maximum atomic E-state index is 10.1. The fraction of sp³-hybridized carbons (Fsp3) is 0.0769. The van der Waals surface area contributed by atoms with Crippen LogP contribution in [0.15, 0.2) is 95.7 Å². The molecule has 0 spiro atoms. The van der Waals surface area contributed by atoms with Gasteiger partial charge in [-0.3, -0.25) is 0 Å². The molecular weight excluding hydrogens is 400 g/mol. The van der Waals surface area contributed by atoms with Gasteiger partial charge in [0.05, 0.1) is 18.0 Å². The molecule has 5 aromatic rings. The molecule has 5 rings (SSSR count). The normalized spacial score (nSPS) is 12.0. The van der Waals surface area contributed by atoms with Crippen molar-refractivity contribution >= 4 is 22.6 Å². The summed E-state index contributed by atoms with van der Waals surface area (Å²) in [4.78, 5) is 8.91. The number of nitrogens with zero attached hydrogens (tertiary/aromatic N) is 2. The summed E-state index contributed by atoms with van der Waals surface area (Å²) in [6.45, 7) is -0.0872. The number of aliphatic hydroxyl groups excluding tert-OH is 1. The molecule has 2 aromatic heterocycles. The van der Waals surface area contributed by atoms with Gasteiger partial charge in [-0.1, -0.05) is 72.8 Å². The van der Waals surface area contributed by atoms with Gasteiger partial charge < -0.3 is 20.6 Å². The van der Waals surface area contributed by atoms with Crippen molar-refractivity contribution in [2.24, 2.45) is 0 Å². The van der Waals surface area contributed by atoms with Gasteiger partial charge in [0.15, 0.2) is 0 Å². The minimum absolute atomic E-state index is 0.0872. The lowest BCUT2D eigenvalue weighted by molar-refractivity contribution is 0.276. The Balaban J connectivity index is 1.71. The van der Waals surface area contributed by atoms with E-state index in [2.05, 4.69) is 15.3 Å². The summed E-state index contributed by atoms with van der Waals surface area (Å²) in [5.74, 6) is 1.30. The smallest absolute Gasteiger partial charge is 0.232 e. The van der Waals surface area contributed by atoms with E-state index in [1.165, 1.54) is 6.33 Å². The first kappa shape index (κ1) is 19.8. The number of nitrogens with one attached hydrogen (secondary N) is 1. The lowest BCUT2D eigenvalue weighted by atomic mass is 9.99. The molecular formula is C26H22N4O2. The predicted octanol–water partition coefficient (Wildman–Crippen LogP) is 5.28. The van der Waals surface area contributed by atoms with Crippen LogP contribution in [0.2, 0.25) is 0 Å². The van der Waals surface area contributed by atoms with Crippen LogP contribution < -0.4 is 11.1 Å². The molecule has 2 heterocycles. The third kappa shape index (κ3) is 3.68. The van der Waals surface area contributed by atoms with Crippen LogP contribution in [-0.4, -0.2) is 21.7 Å². The summed E-state index contributed by atoms with van der Waals surface area (Å²) < 4.78 is 6.25. The number of furan rings is 1. The van der Waals surface area contributed by atoms with Crippen LogP contribution in [0.4, 0.5) is 11.5 Å². The highest BCUT2D eigenvalue weighted by molar-refractivity contribution is 6.06. The van der Waals surface area contributed by atoms with E-state index in [-0.39, 0.29) is 12.6 Å². The zero-order valence-corrected chi connectivity index (χ0v) is 17.3. The molecule has 6 heteroatoms. The average Bonchev–Trinajstić information content (AvgIpc) is 3.24. The molecule has 0 saturated carbocycles. The summed E-state index contributed by atoms with van der Waals surface area (Å²) in [5, 5.41) is 14.2. The number of hydrogen-bond donors (Lipinski definition) is 3. The van der Waals surface area contributed by atoms with Gasteiger partial charge in [0.25, 0.3) is 0 Å². The Hall–Kier alpha value is -4.16. The zero-order chi connectivity index (χ0) is 21.9. The van der Waals surface area contributed by atoms with E-state index in [0.29, 0.717) is 23.0 Å². The van der Waals surface area contributed by atoms with Crippen LogP contribution in [0.1, 0.15) is 11.6 Å². The van der Waals surface area contributed by atoms with Gasteiger partial charge in [-0.25, -0.2) is 9.97 Å². The Morgan fingerprint density at radius 3 is 2.22 bits per heavy atom. The first-order chi connectivity index (χ1) is 15.7. The van der Waals surface area contributed by atoms with Crippen molar-refractivity contribution in [1.29, 1.82) is 0 Å². The van der Waals surface area contributed by atoms with Crippen LogP contribution in [-0.2, 0) is 0 Å². The molecule has 32 heavy (non-hydrogen) atoms. The van der Waals surface area contributed by atoms with E-state index in [0.717, 1.165) is 27.6 Å². The summed E-state index contributed by atoms with van der Waals surface area (Å²) in [6, 6.07) is 27.0. The Kier molecular flexibility index (Phi) is 5.27. The Morgan fingerprint density at radius 2 is 1.53 bits per heavy atom. The molecule has 158 valence electrons. The van der Waals surface area contributed by atoms with Crippen LogP contribution >= 0.6 is 0 Å². The van der Waals surface area contributed by atoms with Gasteiger partial charge in [0.1, 0.15) is 17.9 Å². The molecule has 0 aliphatic heterocycles. The minimum Gasteiger partial charge on any atom is -0.437 e. The van der Waals surface area contributed by atoms with Gasteiger partial charge in [-0.05, 0) is 23.3 Å². The highest BCUT2D eigenvalue weighted by Gasteiger charge is 2.23. The summed E-state index contributed by atoms with van der Waals surface area (Å²) in [5.41, 5.74) is 10.8. The highest BCUT2D eigenvalue weighted by Crippen LogP contribution is 2.43. The maximum Gasteiger partial charge on any atom is 0.232 e. The molecule has 0 aliphatic rings. The molecule has 1 unspecified atom stereocenters. The average molecular weight is 422 g/mol. The Bertz CT molecular complexity index is 1330. The molecule has 0 aliphatic carbocycles. The molecule has 0 saturated heterocycles. The first-order valence-corrected chi connectivity index (χ1v) is 10.4. The van der Waals surface area contributed by atoms with Gasteiger partial charge >= 0.3 is 0 Å². The second-order valence-electron chi connectivity index (χ2n) is 7.49. The lowest BCUT2D eigenvalue weighted by Crippen LogP contribution is -2.15. The van der Waals surface area contributed by atoms with E-state index in [1.54, 1.807) is 0 Å². The first-order valence-electron chi connectivity index (χ1n) is 10.4. The maximum absolute atomic E-state index is 10.1. The zero-order valence-electron chi connectivity index (χ0n) is 17.3. The molecule has 0 radical (unpaired) electrons. The van der Waals surface area contributed by atoms with Gasteiger partial charge in [0, 0.05) is 16.8 Å². The third-order valence-corrected chi connectivity index (χ3v) is 5.42. The van der Waals surface area contributed by atoms with Gasteiger partial charge in [0.2, 0.25) is 5.71 Å². The fourth-order valence-corrected chi connectivity index (χ4v) is 3.85. The summed E-state index contributed by atoms with van der Waals surface area (Å²) in [6.07, 6.45) is 1.47. The molecule has 0 fully saturated rings. The fourth-order valence-electron chi connectivity index (χ4n) is 3.85. The molecule has 6 nitrogen and oxygen atoms in total. The standard InChI is InChI=1S/C26H22N4O2/c27-20-13-11-18(12-14-20)22-23-25(30-21(15-31)17-7-3-1-4-8-17)28-16-29-26(23)32-24(22)19-9-5-2-6-10-19/h1-14,16,21,31H,15,27H2,(H,28,29,30). The Morgan fingerprint density at radius 1 is 0.844 bits per heavy atom. The van der Waals surface area contributed by atoms with E-state index in [1.807, 2.05) is 84.9 Å². The highest BCUT2D eigenvalue weighted by atomic mass is 16.3. The number of nitrogens with two attached hydrogens (primary N) is 1. The van der Waals surface area contributed by atoms with E-state index >= 15 is 0 Å². The van der Waals surface area contributed by atoms with Crippen LogP contribution in [0.3, 0.4) is 0 Å². The molecule has 3 aromatic carbocycles. The number of rotatable bonds is 6. The summed E-state index contributed by atoms with van der Waals surface area (Å²) in [7, 11) is 0. The van der Waals surface area contributed by atoms with Crippen LogP contribution in [0, 0.1) is 0 Å². The quantitative estimate of drug-likeness (QED) is 0.322. The van der Waals surface area contributed by atoms with Crippen molar-refractivity contribution in [1.82, 2.24) is 9.97 Å². The van der Waals surface area contributed by atoms with Crippen molar-refractivity contribution < 1.29 is 9.52 Å². The lowest BCUT2D eigenvalue weighted by Gasteiger charge is -2.18. The second-order valence-corrected chi connectivity index (χ2v) is 7.49. The minimum atomic E-state index is -0.330. The largest absolute Gasteiger partial charge is 0.437 e. The van der Waals surface area contributed by atoms with Gasteiger partial charge in [-0.2, -0.15) is 0 Å². The monoisotopic (exact) mass is 422 g/mol. The predicted molar refractivity (Wildman–Crippen MR) is 127 cm³/mol. The second kappa shape index (κ2) is 8.53. The van der Waals surface area contributed by atoms with Gasteiger partial charge in [-0.15, -0.1) is 0 Å². The number of hydrogen-bond acceptors (Lipinski definition) is 6. The van der Waals surface area contributed by atoms with Crippen LogP contribution in [0.25, 0.3) is 33.6 Å². The third-order valence-electron chi connectivity index (χ3n) is 5.42. The molecule has 0 amide bonds. The molecule has 0 bridgehead atoms. The molecule has 1 atom stereocenters. The van der Waals surface area contributed by atoms with Crippen molar-refractivity contribution in [3.05, 3.63) is 96.8 Å². The van der Waals surface area contributed by atoms with Crippen molar-refractivity contribution in [3.63, 3.8) is 0 Å². The topological polar surface area (TPSA) is 97.2 Å². The number of nitrogen functional groups attached to an aromatic ring is 1. The van der Waals surface area contributed by atoms with E-state index in [4.69, 9.17) is 10.2 Å². The van der Waals surface area contributed by atoms with Crippen molar-refractivity contribution in [2.75, 3.05) is 17.7 Å². The van der Waals surface area contributed by atoms with Crippen molar-refractivity contribution in [3.8, 4) is 22.5 Å². The number of benzene rings is 3. The van der Waals surface area contributed by atoms with Crippen LogP contribution in [0.5, 0.6) is 0 Å². The van der Waals surface area contributed by atoms with E-state index in [9.17, 15) is 5.11 Å². The number of aliphatic hydroxyl groups is 1. The number of anilines is 2. The van der Waals surface area contributed by atoms with E-state index < -0.39 is 0 Å². The number of aromatic nitrogens is 2. The Labute approximate surface area is 185 Å². The van der Waals surface area contributed by atoms with Crippen molar-refractivity contribution in [2.45, 2.75) is 6.04 Å². The molecule has 4 N–H and O–H groups in total. The SMILES string of the molecule is Nc1ccc(-c2c(-c3ccccc3)oc3ncnc(NC(CO)c4ccccc4)c23)cc1.